The molecule has 5 heteroatoms. The summed E-state index contributed by atoms with van der Waals surface area (Å²) in [5, 5.41) is 2.27. The molecule has 1 aromatic heterocycles. The van der Waals surface area contributed by atoms with Crippen molar-refractivity contribution in [2.75, 3.05) is 14.7 Å². The van der Waals surface area contributed by atoms with E-state index < -0.39 is 0 Å². The zero-order valence-corrected chi connectivity index (χ0v) is 50.0. The van der Waals surface area contributed by atoms with E-state index in [0.717, 1.165) is 52.6 Å². The second-order valence-electron chi connectivity index (χ2n) is 28.8. The van der Waals surface area contributed by atoms with Crippen LogP contribution in [0.4, 0.5) is 51.2 Å². The summed E-state index contributed by atoms with van der Waals surface area (Å²) in [4.78, 5) is 7.88. The topological polar surface area (TPSA) is 22.9 Å². The molecule has 9 aromatic rings. The Morgan fingerprint density at radius 1 is 0.468 bits per heavy atom. The molecule has 0 fully saturated rings. The van der Waals surface area contributed by atoms with E-state index in [9.17, 15) is 0 Å². The SMILES string of the molecule is Cc1ccccc1N(c1ccc2c(c1)N(c1ccc(C(C)(C)C)c3oc4ccccc4c13)c1cc(C(C)(C)C)cc3c1B2c1cc2c(cc1N3c1ccc3c(c1)C(C)(C)CCC3(C)C)C(C)(C)CCC2(C)C)c1ccccc1C. The Labute approximate surface area is 471 Å². The van der Waals surface area contributed by atoms with Gasteiger partial charge >= 0.3 is 0 Å². The van der Waals surface area contributed by atoms with Gasteiger partial charge in [-0.15, -0.1) is 0 Å². The molecule has 0 saturated heterocycles. The molecule has 0 radical (unpaired) electrons. The summed E-state index contributed by atoms with van der Waals surface area (Å²) in [6.07, 6.45) is 4.63. The molecule has 79 heavy (non-hydrogen) atoms. The second-order valence-corrected chi connectivity index (χ2v) is 28.8. The highest BCUT2D eigenvalue weighted by atomic mass is 16.3. The zero-order chi connectivity index (χ0) is 55.7. The van der Waals surface area contributed by atoms with Gasteiger partial charge in [0, 0.05) is 56.4 Å². The Morgan fingerprint density at radius 3 is 1.62 bits per heavy atom. The molecule has 13 rings (SSSR count). The number of hydrogen-bond acceptors (Lipinski definition) is 4. The highest BCUT2D eigenvalue weighted by Crippen LogP contribution is 2.55. The Kier molecular flexibility index (Phi) is 11.2. The van der Waals surface area contributed by atoms with E-state index in [1.54, 1.807) is 0 Å². The molecule has 2 aliphatic heterocycles. The van der Waals surface area contributed by atoms with Crippen molar-refractivity contribution in [1.82, 2.24) is 0 Å². The molecule has 0 spiro atoms. The second kappa shape index (κ2) is 17.3. The summed E-state index contributed by atoms with van der Waals surface area (Å²) >= 11 is 0. The average molecular weight is 1040 g/mol. The molecule has 8 aromatic carbocycles. The van der Waals surface area contributed by atoms with Crippen molar-refractivity contribution in [1.29, 1.82) is 0 Å². The fourth-order valence-corrected chi connectivity index (χ4v) is 14.5. The maximum absolute atomic E-state index is 7.12. The van der Waals surface area contributed by atoms with Gasteiger partial charge in [-0.05, 0) is 194 Å². The van der Waals surface area contributed by atoms with Gasteiger partial charge in [-0.25, -0.2) is 0 Å². The normalized spacial score (nSPS) is 17.5. The molecule has 4 aliphatic rings. The number of furan rings is 1. The van der Waals surface area contributed by atoms with Crippen molar-refractivity contribution >= 4 is 96.2 Å². The molecule has 0 bridgehead atoms. The Hall–Kier alpha value is -6.98. The molecule has 0 saturated carbocycles. The van der Waals surface area contributed by atoms with Crippen LogP contribution in [0.3, 0.4) is 0 Å². The third-order valence-electron chi connectivity index (χ3n) is 19.5. The average Bonchev–Trinajstić information content (AvgIpc) is 3.98. The van der Waals surface area contributed by atoms with Gasteiger partial charge in [-0.3, -0.25) is 0 Å². The number of benzene rings is 8. The number of anilines is 9. The lowest BCUT2D eigenvalue weighted by Gasteiger charge is -2.48. The number of para-hydroxylation sites is 3. The Morgan fingerprint density at radius 2 is 1.01 bits per heavy atom. The van der Waals surface area contributed by atoms with E-state index in [1.807, 2.05) is 0 Å². The number of fused-ring (bicyclic) bond motifs is 9. The van der Waals surface area contributed by atoms with Crippen molar-refractivity contribution in [3.05, 3.63) is 190 Å². The summed E-state index contributed by atoms with van der Waals surface area (Å²) in [6, 6.07) is 56.7. The van der Waals surface area contributed by atoms with Crippen LogP contribution < -0.4 is 31.1 Å². The minimum absolute atomic E-state index is 0.00304. The lowest BCUT2D eigenvalue weighted by atomic mass is 9.33. The van der Waals surface area contributed by atoms with Crippen LogP contribution in [-0.4, -0.2) is 6.71 Å². The predicted octanol–water partition coefficient (Wildman–Crippen LogP) is 19.0. The number of hydrogen-bond donors (Lipinski definition) is 0. The van der Waals surface area contributed by atoms with Crippen LogP contribution in [0, 0.1) is 13.8 Å². The highest BCUT2D eigenvalue weighted by molar-refractivity contribution is 7.00. The first-order valence-electron chi connectivity index (χ1n) is 29.4. The minimum Gasteiger partial charge on any atom is -0.456 e. The summed E-state index contributed by atoms with van der Waals surface area (Å²) in [5.41, 5.74) is 27.3. The highest BCUT2D eigenvalue weighted by Gasteiger charge is 2.48. The largest absolute Gasteiger partial charge is 0.456 e. The van der Waals surface area contributed by atoms with Crippen LogP contribution >= 0.6 is 0 Å². The molecular weight excluding hydrogens is 958 g/mol. The molecule has 0 amide bonds. The van der Waals surface area contributed by atoms with E-state index in [4.69, 9.17) is 4.42 Å². The number of rotatable bonds is 5. The molecular formula is C74H80BN3O. The quantitative estimate of drug-likeness (QED) is 0.160. The molecule has 0 N–H and O–H groups in total. The van der Waals surface area contributed by atoms with Crippen molar-refractivity contribution in [3.63, 3.8) is 0 Å². The maximum Gasteiger partial charge on any atom is 0.252 e. The van der Waals surface area contributed by atoms with E-state index in [-0.39, 0.29) is 39.2 Å². The first-order valence-corrected chi connectivity index (χ1v) is 29.4. The van der Waals surface area contributed by atoms with Gasteiger partial charge in [0.1, 0.15) is 11.2 Å². The summed E-state index contributed by atoms with van der Waals surface area (Å²) in [5.74, 6) is 0. The van der Waals surface area contributed by atoms with Gasteiger partial charge in [0.2, 0.25) is 0 Å². The summed E-state index contributed by atoms with van der Waals surface area (Å²) < 4.78 is 7.12. The first-order chi connectivity index (χ1) is 37.2. The first kappa shape index (κ1) is 51.5. The van der Waals surface area contributed by atoms with Crippen LogP contribution in [0.1, 0.15) is 167 Å². The Balaban J connectivity index is 1.20. The van der Waals surface area contributed by atoms with E-state index >= 15 is 0 Å². The monoisotopic (exact) mass is 1040 g/mol. The lowest BCUT2D eigenvalue weighted by Crippen LogP contribution is -2.62. The predicted molar refractivity (Wildman–Crippen MR) is 340 cm³/mol. The number of nitrogens with zero attached hydrogens (tertiary/aromatic N) is 3. The lowest BCUT2D eigenvalue weighted by molar-refractivity contribution is 0.332. The third kappa shape index (κ3) is 7.90. The van der Waals surface area contributed by atoms with Gasteiger partial charge in [0.25, 0.3) is 6.71 Å². The molecule has 0 atom stereocenters. The molecule has 2 aliphatic carbocycles. The molecule has 0 unspecified atom stereocenters. The minimum atomic E-state index is -0.190. The maximum atomic E-state index is 7.12. The van der Waals surface area contributed by atoms with Crippen LogP contribution in [0.25, 0.3) is 21.9 Å². The number of aryl methyl sites for hydroxylation is 2. The van der Waals surface area contributed by atoms with Gasteiger partial charge in [-0.1, -0.05) is 176 Å². The van der Waals surface area contributed by atoms with Crippen molar-refractivity contribution in [2.45, 2.75) is 169 Å². The third-order valence-corrected chi connectivity index (χ3v) is 19.5. The van der Waals surface area contributed by atoms with Gasteiger partial charge in [0.05, 0.1) is 11.1 Å². The van der Waals surface area contributed by atoms with Crippen molar-refractivity contribution in [3.8, 4) is 0 Å². The van der Waals surface area contributed by atoms with Crippen LogP contribution in [0.2, 0.25) is 0 Å². The standard InChI is InChI=1S/C74H80BN3O/c1-45-23-17-20-26-58(45)76(59-27-21-18-24-46(59)2)49-30-33-56-61(42-49)78(60-34-32-52(70(6,7)8)68-66(60)50-25-19-22-28-65(50)79-68)64-40-47(69(3,4)5)39-63-67(64)75(56)57-43-54-55(74(15,16)38-37-73(54,13)14)44-62(57)77(63)48-29-31-51-53(41-48)72(11,12)36-35-71(51,9)10/h17-34,39-44H,35-38H2,1-16H3. The zero-order valence-electron chi connectivity index (χ0n) is 50.0. The molecule has 3 heterocycles. The smallest absolute Gasteiger partial charge is 0.252 e. The van der Waals surface area contributed by atoms with E-state index in [1.165, 1.54) is 107 Å². The molecule has 4 nitrogen and oxygen atoms in total. The van der Waals surface area contributed by atoms with Gasteiger partial charge in [-0.2, -0.15) is 0 Å². The van der Waals surface area contributed by atoms with Gasteiger partial charge in [0.15, 0.2) is 0 Å². The summed E-state index contributed by atoms with van der Waals surface area (Å²) in [7, 11) is 0. The fourth-order valence-electron chi connectivity index (χ4n) is 14.5. The van der Waals surface area contributed by atoms with E-state index in [2.05, 4.69) is 271 Å². The van der Waals surface area contributed by atoms with Crippen molar-refractivity contribution in [2.24, 2.45) is 0 Å². The summed E-state index contributed by atoms with van der Waals surface area (Å²) in [6.45, 7) is 38.4. The molecule has 400 valence electrons. The Bertz CT molecular complexity index is 3950. The fraction of sp³-hybridized carbons (Fsp3) is 0.351. The van der Waals surface area contributed by atoms with Gasteiger partial charge < -0.3 is 19.1 Å². The van der Waals surface area contributed by atoms with Crippen LogP contribution in [0.15, 0.2) is 150 Å². The van der Waals surface area contributed by atoms with E-state index in [0.29, 0.717) is 0 Å². The van der Waals surface area contributed by atoms with Crippen LogP contribution in [0.5, 0.6) is 0 Å². The van der Waals surface area contributed by atoms with Crippen molar-refractivity contribution < 1.29 is 4.42 Å². The van der Waals surface area contributed by atoms with Crippen LogP contribution in [-0.2, 0) is 32.5 Å².